The van der Waals surface area contributed by atoms with Gasteiger partial charge in [-0.25, -0.2) is 9.59 Å². The Morgan fingerprint density at radius 3 is 2.65 bits per heavy atom. The van der Waals surface area contributed by atoms with E-state index in [9.17, 15) is 14.4 Å². The molecule has 1 fully saturated rings. The van der Waals surface area contributed by atoms with Crippen molar-refractivity contribution in [3.63, 3.8) is 0 Å². The average molecular weight is 326 g/mol. The summed E-state index contributed by atoms with van der Waals surface area (Å²) in [6, 6.07) is -0.483. The van der Waals surface area contributed by atoms with Gasteiger partial charge in [0.25, 0.3) is 0 Å². The van der Waals surface area contributed by atoms with Crippen molar-refractivity contribution in [1.29, 1.82) is 0 Å². The summed E-state index contributed by atoms with van der Waals surface area (Å²) in [4.78, 5) is 35.0. The van der Waals surface area contributed by atoms with Gasteiger partial charge in [-0.1, -0.05) is 6.08 Å². The molecule has 1 saturated heterocycles. The highest BCUT2D eigenvalue weighted by molar-refractivity contribution is 5.82. The van der Waals surface area contributed by atoms with E-state index in [1.165, 1.54) is 12.2 Å². The Morgan fingerprint density at radius 2 is 2.13 bits per heavy atom. The molecule has 2 N–H and O–H groups in total. The minimum Gasteiger partial charge on any atom is -0.463 e. The van der Waals surface area contributed by atoms with Gasteiger partial charge < -0.3 is 20.1 Å². The van der Waals surface area contributed by atoms with Crippen molar-refractivity contribution in [2.75, 3.05) is 13.2 Å². The van der Waals surface area contributed by atoms with Crippen molar-refractivity contribution in [3.05, 3.63) is 12.2 Å². The lowest BCUT2D eigenvalue weighted by Gasteiger charge is -2.23. The molecule has 7 nitrogen and oxygen atoms in total. The maximum absolute atomic E-state index is 11.9. The second kappa shape index (κ2) is 8.55. The Labute approximate surface area is 136 Å². The number of esters is 1. The minimum atomic E-state index is -0.621. The molecule has 0 aromatic carbocycles. The zero-order valence-electron chi connectivity index (χ0n) is 14.2. The summed E-state index contributed by atoms with van der Waals surface area (Å²) in [6.45, 7) is 7.91. The van der Waals surface area contributed by atoms with Gasteiger partial charge in [0.2, 0.25) is 5.91 Å². The van der Waals surface area contributed by atoms with Gasteiger partial charge in [0.15, 0.2) is 0 Å². The molecule has 1 aliphatic rings. The van der Waals surface area contributed by atoms with Crippen LogP contribution < -0.4 is 10.6 Å². The molecule has 0 radical (unpaired) electrons. The monoisotopic (exact) mass is 326 g/mol. The van der Waals surface area contributed by atoms with E-state index >= 15 is 0 Å². The number of hydrogen-bond acceptors (Lipinski definition) is 5. The predicted octanol–water partition coefficient (Wildman–Crippen LogP) is 1.53. The maximum Gasteiger partial charge on any atom is 0.408 e. The van der Waals surface area contributed by atoms with Gasteiger partial charge in [-0.3, -0.25) is 4.79 Å². The Bertz CT molecular complexity index is 468. The van der Waals surface area contributed by atoms with E-state index in [0.29, 0.717) is 19.4 Å². The van der Waals surface area contributed by atoms with E-state index in [0.717, 1.165) is 0 Å². The highest BCUT2D eigenvalue weighted by atomic mass is 16.6. The zero-order valence-corrected chi connectivity index (χ0v) is 14.2. The molecule has 0 aromatic rings. The lowest BCUT2D eigenvalue weighted by atomic mass is 9.98. The Balaban J connectivity index is 2.69. The first-order valence-corrected chi connectivity index (χ1v) is 7.83. The molecule has 0 bridgehead atoms. The first-order valence-electron chi connectivity index (χ1n) is 7.83. The van der Waals surface area contributed by atoms with Crippen molar-refractivity contribution in [2.45, 2.75) is 52.2 Å². The summed E-state index contributed by atoms with van der Waals surface area (Å²) >= 11 is 0. The van der Waals surface area contributed by atoms with Crippen LogP contribution in [0.15, 0.2) is 12.2 Å². The molecule has 0 spiro atoms. The van der Waals surface area contributed by atoms with Crippen LogP contribution in [0.1, 0.15) is 40.5 Å². The molecule has 2 amide bonds. The van der Waals surface area contributed by atoms with Gasteiger partial charge in [-0.05, 0) is 40.5 Å². The fraction of sp³-hybridized carbons (Fsp3) is 0.688. The molecule has 130 valence electrons. The zero-order chi connectivity index (χ0) is 17.5. The summed E-state index contributed by atoms with van der Waals surface area (Å²) in [5, 5.41) is 5.44. The second-order valence-corrected chi connectivity index (χ2v) is 6.38. The average Bonchev–Trinajstić information content (AvgIpc) is 2.79. The van der Waals surface area contributed by atoms with E-state index in [-0.39, 0.29) is 18.4 Å². The van der Waals surface area contributed by atoms with E-state index < -0.39 is 23.7 Å². The molecule has 23 heavy (non-hydrogen) atoms. The number of rotatable bonds is 6. The number of carbonyl (C=O) groups is 3. The summed E-state index contributed by atoms with van der Waals surface area (Å²) in [6.07, 6.45) is 3.32. The normalized spacial score (nSPS) is 19.3. The van der Waals surface area contributed by atoms with Gasteiger partial charge in [0.05, 0.1) is 12.6 Å². The van der Waals surface area contributed by atoms with Crippen molar-refractivity contribution in [3.8, 4) is 0 Å². The molecule has 1 aliphatic heterocycles. The third-order valence-electron chi connectivity index (χ3n) is 3.15. The van der Waals surface area contributed by atoms with E-state index in [4.69, 9.17) is 9.47 Å². The molecule has 1 unspecified atom stereocenters. The van der Waals surface area contributed by atoms with Crippen LogP contribution in [-0.2, 0) is 19.1 Å². The van der Waals surface area contributed by atoms with Gasteiger partial charge in [0.1, 0.15) is 5.60 Å². The SMILES string of the molecule is CCOC(=O)/C=C/[C@H](CC1CCNC1=O)NC(=O)OC(C)(C)C. The minimum absolute atomic E-state index is 0.0366. The topological polar surface area (TPSA) is 93.7 Å². The lowest BCUT2D eigenvalue weighted by Crippen LogP contribution is -2.40. The molecule has 7 heteroatoms. The number of nitrogens with one attached hydrogen (secondary N) is 2. The van der Waals surface area contributed by atoms with Crippen molar-refractivity contribution in [1.82, 2.24) is 10.6 Å². The van der Waals surface area contributed by atoms with Gasteiger partial charge >= 0.3 is 12.1 Å². The van der Waals surface area contributed by atoms with Gasteiger partial charge in [-0.2, -0.15) is 0 Å². The first-order chi connectivity index (χ1) is 10.7. The van der Waals surface area contributed by atoms with Crippen LogP contribution in [0, 0.1) is 5.92 Å². The largest absolute Gasteiger partial charge is 0.463 e. The molecule has 0 aromatic heterocycles. The molecule has 1 heterocycles. The van der Waals surface area contributed by atoms with Crippen LogP contribution in [0.4, 0.5) is 4.79 Å². The van der Waals surface area contributed by atoms with Crippen LogP contribution in [0.3, 0.4) is 0 Å². The van der Waals surface area contributed by atoms with Gasteiger partial charge in [-0.15, -0.1) is 0 Å². The molecule has 2 atom stereocenters. The van der Waals surface area contributed by atoms with E-state index in [2.05, 4.69) is 10.6 Å². The highest BCUT2D eigenvalue weighted by Gasteiger charge is 2.28. The number of alkyl carbamates (subject to hydrolysis) is 1. The summed E-state index contributed by atoms with van der Waals surface area (Å²) in [5.41, 5.74) is -0.621. The second-order valence-electron chi connectivity index (χ2n) is 6.38. The summed E-state index contributed by atoms with van der Waals surface area (Å²) in [7, 11) is 0. The van der Waals surface area contributed by atoms with Crippen LogP contribution in [0.25, 0.3) is 0 Å². The molecular weight excluding hydrogens is 300 g/mol. The number of amides is 2. The summed E-state index contributed by atoms with van der Waals surface area (Å²) in [5.74, 6) is -0.716. The van der Waals surface area contributed by atoms with Crippen molar-refractivity contribution in [2.24, 2.45) is 5.92 Å². The predicted molar refractivity (Wildman–Crippen MR) is 84.7 cm³/mol. The molecule has 1 rings (SSSR count). The van der Waals surface area contributed by atoms with Crippen molar-refractivity contribution >= 4 is 18.0 Å². The Kier molecular flexibility index (Phi) is 7.06. The number of carbonyl (C=O) groups excluding carboxylic acids is 3. The van der Waals surface area contributed by atoms with Gasteiger partial charge in [0, 0.05) is 18.5 Å². The van der Waals surface area contributed by atoms with Crippen LogP contribution >= 0.6 is 0 Å². The maximum atomic E-state index is 11.9. The van der Waals surface area contributed by atoms with Crippen LogP contribution in [0.2, 0.25) is 0 Å². The third-order valence-corrected chi connectivity index (χ3v) is 3.15. The fourth-order valence-corrected chi connectivity index (χ4v) is 2.21. The molecule has 0 saturated carbocycles. The smallest absolute Gasteiger partial charge is 0.408 e. The Hall–Kier alpha value is -2.05. The van der Waals surface area contributed by atoms with Crippen LogP contribution in [0.5, 0.6) is 0 Å². The van der Waals surface area contributed by atoms with Crippen molar-refractivity contribution < 1.29 is 23.9 Å². The van der Waals surface area contributed by atoms with Crippen LogP contribution in [-0.4, -0.2) is 42.8 Å². The lowest BCUT2D eigenvalue weighted by molar-refractivity contribution is -0.137. The number of hydrogen-bond donors (Lipinski definition) is 2. The quantitative estimate of drug-likeness (QED) is 0.570. The first kappa shape index (κ1) is 19.0. The Morgan fingerprint density at radius 1 is 1.43 bits per heavy atom. The molecular formula is C16H26N2O5. The number of ether oxygens (including phenoxy) is 2. The molecule has 0 aliphatic carbocycles. The standard InChI is InChI=1S/C16H26N2O5/c1-5-22-13(19)7-6-12(10-11-8-9-17-14(11)20)18-15(21)23-16(2,3)4/h6-7,11-12H,5,8-10H2,1-4H3,(H,17,20)(H,18,21)/b7-6+/t11?,12-/m1/s1. The summed E-state index contributed by atoms with van der Waals surface area (Å²) < 4.78 is 10.0. The highest BCUT2D eigenvalue weighted by Crippen LogP contribution is 2.17. The fourth-order valence-electron chi connectivity index (χ4n) is 2.21. The third kappa shape index (κ3) is 7.67. The van der Waals surface area contributed by atoms with E-state index in [1.54, 1.807) is 27.7 Å². The van der Waals surface area contributed by atoms with E-state index in [1.807, 2.05) is 0 Å².